The number of benzene rings is 1. The zero-order valence-electron chi connectivity index (χ0n) is 11.8. The summed E-state index contributed by atoms with van der Waals surface area (Å²) in [5.41, 5.74) is 1.62. The predicted molar refractivity (Wildman–Crippen MR) is 73.6 cm³/mol. The summed E-state index contributed by atoms with van der Waals surface area (Å²) in [6.07, 6.45) is -0.00579. The maximum Gasteiger partial charge on any atom is 0.185 e. The molecule has 2 aromatic rings. The molecule has 0 atom stereocenters. The number of carbonyl (C=O) groups is 1. The maximum atomic E-state index is 14.0. The Morgan fingerprint density at radius 1 is 1.45 bits per heavy atom. The third-order valence-electron chi connectivity index (χ3n) is 3.10. The fraction of sp³-hybridized carbons (Fsp3) is 0.333. The van der Waals surface area contributed by atoms with Gasteiger partial charge in [0, 0.05) is 13.0 Å². The summed E-state index contributed by atoms with van der Waals surface area (Å²) in [5.74, 6) is -0.488. The van der Waals surface area contributed by atoms with Crippen LogP contribution < -0.4 is 4.74 Å². The van der Waals surface area contributed by atoms with Crippen molar-refractivity contribution in [2.45, 2.75) is 26.8 Å². The van der Waals surface area contributed by atoms with Crippen LogP contribution in [0.5, 0.6) is 5.75 Å². The molecule has 5 heteroatoms. The van der Waals surface area contributed by atoms with E-state index in [1.807, 2.05) is 13.8 Å². The monoisotopic (exact) mass is 276 g/mol. The summed E-state index contributed by atoms with van der Waals surface area (Å²) in [6, 6.07) is 6.52. The number of hydrogen-bond donors (Lipinski definition) is 0. The summed E-state index contributed by atoms with van der Waals surface area (Å²) in [7, 11) is 1.40. The van der Waals surface area contributed by atoms with E-state index in [9.17, 15) is 9.18 Å². The second-order valence-corrected chi connectivity index (χ2v) is 4.52. The highest BCUT2D eigenvalue weighted by Crippen LogP contribution is 2.21. The highest BCUT2D eigenvalue weighted by atomic mass is 19.1. The zero-order chi connectivity index (χ0) is 14.7. The summed E-state index contributed by atoms with van der Waals surface area (Å²) >= 11 is 0. The first-order chi connectivity index (χ1) is 9.56. The van der Waals surface area contributed by atoms with Gasteiger partial charge in [0.2, 0.25) is 0 Å². The molecule has 4 nitrogen and oxygen atoms in total. The van der Waals surface area contributed by atoms with Crippen molar-refractivity contribution >= 4 is 5.78 Å². The van der Waals surface area contributed by atoms with E-state index >= 15 is 0 Å². The lowest BCUT2D eigenvalue weighted by Gasteiger charge is -2.07. The molecule has 0 aliphatic heterocycles. The number of hydrogen-bond acceptors (Lipinski definition) is 3. The maximum absolute atomic E-state index is 14.0. The van der Waals surface area contributed by atoms with E-state index in [4.69, 9.17) is 4.74 Å². The number of halogens is 1. The summed E-state index contributed by atoms with van der Waals surface area (Å²) in [4.78, 5) is 12.3. The first kappa shape index (κ1) is 14.2. The molecule has 1 heterocycles. The topological polar surface area (TPSA) is 44.1 Å². The Hall–Kier alpha value is -2.17. The molecule has 0 amide bonds. The quantitative estimate of drug-likeness (QED) is 0.789. The van der Waals surface area contributed by atoms with Gasteiger partial charge in [-0.25, -0.2) is 4.39 Å². The van der Waals surface area contributed by atoms with Crippen LogP contribution in [0.25, 0.3) is 0 Å². The van der Waals surface area contributed by atoms with Crippen molar-refractivity contribution < 1.29 is 13.9 Å². The van der Waals surface area contributed by atoms with E-state index < -0.39 is 5.82 Å². The van der Waals surface area contributed by atoms with Gasteiger partial charge in [0.05, 0.1) is 12.8 Å². The molecule has 0 fully saturated rings. The Balaban J connectivity index is 2.28. The minimum Gasteiger partial charge on any atom is -0.494 e. The van der Waals surface area contributed by atoms with Gasteiger partial charge in [-0.2, -0.15) is 5.10 Å². The van der Waals surface area contributed by atoms with E-state index in [0.717, 1.165) is 5.69 Å². The largest absolute Gasteiger partial charge is 0.494 e. The van der Waals surface area contributed by atoms with Gasteiger partial charge < -0.3 is 4.74 Å². The number of Topliss-reactive ketones (excluding diaryl/α,β-unsaturated/α-hetero) is 1. The van der Waals surface area contributed by atoms with E-state index in [2.05, 4.69) is 5.10 Å². The second kappa shape index (κ2) is 5.86. The lowest BCUT2D eigenvalue weighted by atomic mass is 10.1. The third-order valence-corrected chi connectivity index (χ3v) is 3.10. The van der Waals surface area contributed by atoms with Gasteiger partial charge in [0.25, 0.3) is 0 Å². The molecule has 1 aromatic heterocycles. The molecule has 106 valence electrons. The number of nitrogens with zero attached hydrogens (tertiary/aromatic N) is 2. The molecule has 0 radical (unpaired) electrons. The molecule has 20 heavy (non-hydrogen) atoms. The van der Waals surface area contributed by atoms with Crippen LogP contribution in [0.2, 0.25) is 0 Å². The van der Waals surface area contributed by atoms with Crippen LogP contribution in [-0.4, -0.2) is 22.7 Å². The van der Waals surface area contributed by atoms with Crippen LogP contribution in [0.3, 0.4) is 0 Å². The number of carbonyl (C=O) groups excluding carboxylic acids is 1. The molecule has 0 aliphatic rings. The zero-order valence-corrected chi connectivity index (χ0v) is 11.8. The van der Waals surface area contributed by atoms with Gasteiger partial charge in [0.1, 0.15) is 5.69 Å². The van der Waals surface area contributed by atoms with E-state index in [1.165, 1.54) is 13.2 Å². The lowest BCUT2D eigenvalue weighted by molar-refractivity contribution is 0.0981. The van der Waals surface area contributed by atoms with Gasteiger partial charge in [-0.15, -0.1) is 0 Å². The van der Waals surface area contributed by atoms with Gasteiger partial charge in [-0.05, 0) is 31.5 Å². The number of aromatic nitrogens is 2. The first-order valence-electron chi connectivity index (χ1n) is 6.45. The molecule has 0 saturated carbocycles. The third kappa shape index (κ3) is 2.71. The Bertz CT molecular complexity index is 635. The molecule has 0 bridgehead atoms. The molecule has 2 rings (SSSR count). The number of ether oxygens (including phenoxy) is 1. The minimum atomic E-state index is -0.484. The van der Waals surface area contributed by atoms with Gasteiger partial charge in [-0.3, -0.25) is 9.48 Å². The van der Waals surface area contributed by atoms with Gasteiger partial charge in [-0.1, -0.05) is 12.1 Å². The molecule has 0 unspecified atom stereocenters. The Morgan fingerprint density at radius 3 is 2.85 bits per heavy atom. The molecule has 1 aromatic carbocycles. The first-order valence-corrected chi connectivity index (χ1v) is 6.45. The van der Waals surface area contributed by atoms with Gasteiger partial charge in [0.15, 0.2) is 17.3 Å². The number of methoxy groups -OCH3 is 1. The lowest BCUT2D eigenvalue weighted by Crippen LogP contribution is -2.12. The Morgan fingerprint density at radius 2 is 2.20 bits per heavy atom. The van der Waals surface area contributed by atoms with E-state index in [0.29, 0.717) is 17.8 Å². The van der Waals surface area contributed by atoms with Crippen molar-refractivity contribution in [1.82, 2.24) is 9.78 Å². The molecule has 0 saturated heterocycles. The number of aryl methyl sites for hydroxylation is 2. The van der Waals surface area contributed by atoms with Crippen LogP contribution in [-0.2, 0) is 13.0 Å². The van der Waals surface area contributed by atoms with Gasteiger partial charge >= 0.3 is 0 Å². The van der Waals surface area contributed by atoms with Crippen LogP contribution >= 0.6 is 0 Å². The fourth-order valence-corrected chi connectivity index (χ4v) is 2.12. The Kier molecular flexibility index (Phi) is 4.17. The van der Waals surface area contributed by atoms with Crippen LogP contribution in [0, 0.1) is 12.7 Å². The van der Waals surface area contributed by atoms with E-state index in [-0.39, 0.29) is 18.0 Å². The normalized spacial score (nSPS) is 10.6. The average Bonchev–Trinajstić information content (AvgIpc) is 2.82. The minimum absolute atomic E-state index is 0.00579. The smallest absolute Gasteiger partial charge is 0.185 e. The van der Waals surface area contributed by atoms with Crippen LogP contribution in [0.1, 0.15) is 28.7 Å². The molecular formula is C15H17FN2O2. The van der Waals surface area contributed by atoms with Crippen molar-refractivity contribution in [2.24, 2.45) is 0 Å². The summed E-state index contributed by atoms with van der Waals surface area (Å²) < 4.78 is 20.6. The van der Waals surface area contributed by atoms with Crippen molar-refractivity contribution in [3.63, 3.8) is 0 Å². The van der Waals surface area contributed by atoms with Crippen molar-refractivity contribution in [3.8, 4) is 5.75 Å². The van der Waals surface area contributed by atoms with E-state index in [1.54, 1.807) is 22.9 Å². The highest BCUT2D eigenvalue weighted by Gasteiger charge is 2.17. The average molecular weight is 276 g/mol. The standard InChI is InChI=1S/C15H17FN2O2/c1-4-18-12(8-10(2)17-18)13(19)9-11-6-5-7-14(20-3)15(11)16/h5-8H,4,9H2,1-3H3. The van der Waals surface area contributed by atoms with Crippen molar-refractivity contribution in [1.29, 1.82) is 0 Å². The molecule has 0 aliphatic carbocycles. The Labute approximate surface area is 117 Å². The number of ketones is 1. The molecule has 0 spiro atoms. The summed E-state index contributed by atoms with van der Waals surface area (Å²) in [6.45, 7) is 4.35. The van der Waals surface area contributed by atoms with Crippen LogP contribution in [0.15, 0.2) is 24.3 Å². The summed E-state index contributed by atoms with van der Waals surface area (Å²) in [5, 5.41) is 4.23. The predicted octanol–water partition coefficient (Wildman–Crippen LogP) is 2.78. The van der Waals surface area contributed by atoms with Crippen molar-refractivity contribution in [2.75, 3.05) is 7.11 Å². The second-order valence-electron chi connectivity index (χ2n) is 4.52. The van der Waals surface area contributed by atoms with Crippen molar-refractivity contribution in [3.05, 3.63) is 47.0 Å². The fourth-order valence-electron chi connectivity index (χ4n) is 2.12. The molecule has 0 N–H and O–H groups in total. The SMILES string of the molecule is CCn1nc(C)cc1C(=O)Cc1cccc(OC)c1F. The highest BCUT2D eigenvalue weighted by molar-refractivity contribution is 5.96. The number of rotatable bonds is 5. The molecular weight excluding hydrogens is 259 g/mol. The van der Waals surface area contributed by atoms with Crippen LogP contribution in [0.4, 0.5) is 4.39 Å².